The third-order valence-corrected chi connectivity index (χ3v) is 4.44. The number of nitrogens with one attached hydrogen (secondary N) is 3. The molecule has 114 valence electrons. The van der Waals surface area contributed by atoms with E-state index >= 15 is 0 Å². The van der Waals surface area contributed by atoms with E-state index in [1.165, 1.54) is 19.3 Å². The van der Waals surface area contributed by atoms with Gasteiger partial charge in [-0.1, -0.05) is 0 Å². The summed E-state index contributed by atoms with van der Waals surface area (Å²) in [6, 6.07) is 0. The van der Waals surface area contributed by atoms with Crippen LogP contribution >= 0.6 is 0 Å². The zero-order valence-electron chi connectivity index (χ0n) is 12.9. The molecular weight excluding hydrogens is 266 g/mol. The summed E-state index contributed by atoms with van der Waals surface area (Å²) in [5.41, 5.74) is 1.80. The van der Waals surface area contributed by atoms with Crippen molar-refractivity contribution in [2.24, 2.45) is 0 Å². The van der Waals surface area contributed by atoms with E-state index in [0.29, 0.717) is 11.6 Å². The highest BCUT2D eigenvalue weighted by atomic mass is 15.2. The monoisotopic (exact) mass is 289 g/mol. The minimum absolute atomic E-state index is 0.246. The maximum atomic E-state index is 4.56. The number of likely N-dealkylation sites (N-methyl/N-ethyl adjacent to an activating group) is 1. The van der Waals surface area contributed by atoms with E-state index in [2.05, 4.69) is 49.6 Å². The van der Waals surface area contributed by atoms with Gasteiger partial charge in [0.1, 0.15) is 5.52 Å². The predicted octanol–water partition coefficient (Wildman–Crippen LogP) is 1.68. The van der Waals surface area contributed by atoms with Crippen molar-refractivity contribution in [3.8, 4) is 0 Å². The maximum Gasteiger partial charge on any atom is 0.226 e. The molecule has 0 aromatic carbocycles. The van der Waals surface area contributed by atoms with Gasteiger partial charge in [0.2, 0.25) is 5.95 Å². The van der Waals surface area contributed by atoms with Gasteiger partial charge in [-0.3, -0.25) is 0 Å². The first-order valence-electron chi connectivity index (χ1n) is 7.51. The van der Waals surface area contributed by atoms with Crippen molar-refractivity contribution in [2.45, 2.75) is 31.7 Å². The molecule has 7 heteroatoms. The molecule has 0 atom stereocenters. The quantitative estimate of drug-likeness (QED) is 0.750. The molecule has 1 saturated carbocycles. The van der Waals surface area contributed by atoms with Crippen LogP contribution in [0.2, 0.25) is 0 Å². The third-order valence-electron chi connectivity index (χ3n) is 4.44. The molecular formula is C14H23N7. The lowest BCUT2D eigenvalue weighted by Gasteiger charge is -2.47. The van der Waals surface area contributed by atoms with Gasteiger partial charge >= 0.3 is 0 Å². The first kappa shape index (κ1) is 14.1. The first-order valence-corrected chi connectivity index (χ1v) is 7.51. The molecule has 0 bridgehead atoms. The molecule has 0 aliphatic heterocycles. The van der Waals surface area contributed by atoms with Crippen LogP contribution in [-0.2, 0) is 0 Å². The molecule has 2 heterocycles. The highest BCUT2D eigenvalue weighted by Gasteiger charge is 2.38. The zero-order chi connectivity index (χ0) is 14.9. The molecule has 7 nitrogen and oxygen atoms in total. The number of rotatable bonds is 6. The Balaban J connectivity index is 1.84. The summed E-state index contributed by atoms with van der Waals surface area (Å²) >= 11 is 0. The maximum absolute atomic E-state index is 4.56. The lowest BCUT2D eigenvalue weighted by molar-refractivity contribution is 0.0738. The normalized spacial score (nSPS) is 17.0. The van der Waals surface area contributed by atoms with Crippen molar-refractivity contribution < 1.29 is 0 Å². The Morgan fingerprint density at radius 1 is 1.29 bits per heavy atom. The van der Waals surface area contributed by atoms with Gasteiger partial charge in [0, 0.05) is 18.6 Å². The van der Waals surface area contributed by atoms with E-state index in [0.717, 1.165) is 24.4 Å². The van der Waals surface area contributed by atoms with Crippen LogP contribution in [0, 0.1) is 0 Å². The summed E-state index contributed by atoms with van der Waals surface area (Å²) in [4.78, 5) is 18.6. The van der Waals surface area contributed by atoms with Crippen molar-refractivity contribution in [1.82, 2.24) is 24.8 Å². The molecule has 0 saturated heterocycles. The lowest BCUT2D eigenvalue weighted by Crippen LogP contribution is -2.54. The fourth-order valence-corrected chi connectivity index (χ4v) is 2.81. The van der Waals surface area contributed by atoms with Crippen LogP contribution in [0.4, 0.5) is 11.8 Å². The largest absolute Gasteiger partial charge is 0.366 e. The van der Waals surface area contributed by atoms with Crippen LogP contribution in [0.3, 0.4) is 0 Å². The number of H-pyrrole nitrogens is 1. The highest BCUT2D eigenvalue weighted by molar-refractivity contribution is 5.83. The topological polar surface area (TPSA) is 81.8 Å². The van der Waals surface area contributed by atoms with E-state index in [4.69, 9.17) is 0 Å². The minimum atomic E-state index is 0.246. The van der Waals surface area contributed by atoms with Crippen LogP contribution in [0.25, 0.3) is 11.2 Å². The average molecular weight is 289 g/mol. The average Bonchev–Trinajstić information content (AvgIpc) is 2.85. The van der Waals surface area contributed by atoms with E-state index in [1.807, 2.05) is 6.92 Å². The molecule has 0 amide bonds. The zero-order valence-corrected chi connectivity index (χ0v) is 12.9. The fourth-order valence-electron chi connectivity index (χ4n) is 2.81. The Kier molecular flexibility index (Phi) is 3.67. The van der Waals surface area contributed by atoms with Crippen LogP contribution in [0.5, 0.6) is 0 Å². The van der Waals surface area contributed by atoms with Gasteiger partial charge in [-0.25, -0.2) is 4.98 Å². The molecule has 2 aromatic heterocycles. The minimum Gasteiger partial charge on any atom is -0.366 e. The highest BCUT2D eigenvalue weighted by Crippen LogP contribution is 2.36. The van der Waals surface area contributed by atoms with E-state index in [1.54, 1.807) is 6.33 Å². The molecule has 3 rings (SSSR count). The second-order valence-corrected chi connectivity index (χ2v) is 5.85. The van der Waals surface area contributed by atoms with Crippen molar-refractivity contribution >= 4 is 22.9 Å². The SMILES string of the molecule is CCNc1nc(NCC2(N(C)C)CCC2)c2[nH]cnc2n1. The molecule has 21 heavy (non-hydrogen) atoms. The molecule has 1 fully saturated rings. The number of anilines is 2. The number of fused-ring (bicyclic) bond motifs is 1. The Labute approximate surface area is 124 Å². The molecule has 0 spiro atoms. The van der Waals surface area contributed by atoms with Crippen LogP contribution in [0.1, 0.15) is 26.2 Å². The van der Waals surface area contributed by atoms with E-state index in [-0.39, 0.29) is 5.54 Å². The Bertz CT molecular complexity index is 615. The van der Waals surface area contributed by atoms with Crippen LogP contribution in [0.15, 0.2) is 6.33 Å². The van der Waals surface area contributed by atoms with Gasteiger partial charge in [-0.15, -0.1) is 0 Å². The van der Waals surface area contributed by atoms with Gasteiger partial charge in [-0.05, 0) is 40.3 Å². The van der Waals surface area contributed by atoms with Crippen LogP contribution < -0.4 is 10.6 Å². The van der Waals surface area contributed by atoms with Crippen molar-refractivity contribution in [2.75, 3.05) is 37.8 Å². The summed E-state index contributed by atoms with van der Waals surface area (Å²) in [7, 11) is 4.30. The van der Waals surface area contributed by atoms with Gasteiger partial charge in [0.15, 0.2) is 11.5 Å². The number of nitrogens with zero attached hydrogens (tertiary/aromatic N) is 4. The van der Waals surface area contributed by atoms with E-state index in [9.17, 15) is 0 Å². The van der Waals surface area contributed by atoms with Crippen molar-refractivity contribution in [3.05, 3.63) is 6.33 Å². The number of aromatic amines is 1. The third kappa shape index (κ3) is 2.53. The summed E-state index contributed by atoms with van der Waals surface area (Å²) in [5, 5.41) is 6.64. The first-order chi connectivity index (χ1) is 10.1. The summed E-state index contributed by atoms with van der Waals surface area (Å²) in [6.07, 6.45) is 5.41. The number of hydrogen-bond donors (Lipinski definition) is 3. The Hall–Kier alpha value is -1.89. The number of aromatic nitrogens is 4. The molecule has 0 unspecified atom stereocenters. The fraction of sp³-hybridized carbons (Fsp3) is 0.643. The van der Waals surface area contributed by atoms with Crippen molar-refractivity contribution in [1.29, 1.82) is 0 Å². The second-order valence-electron chi connectivity index (χ2n) is 5.85. The molecule has 0 radical (unpaired) electrons. The molecule has 1 aliphatic rings. The summed E-state index contributed by atoms with van der Waals surface area (Å²) in [6.45, 7) is 3.70. The standard InChI is InChI=1S/C14H23N7/c1-4-15-13-19-11(10-12(20-13)18-9-17-10)16-8-14(21(2)3)6-5-7-14/h9H,4-8H2,1-3H3,(H3,15,16,17,18,19,20). The molecule has 3 N–H and O–H groups in total. The van der Waals surface area contributed by atoms with E-state index < -0.39 is 0 Å². The molecule has 1 aliphatic carbocycles. The van der Waals surface area contributed by atoms with Crippen LogP contribution in [-0.4, -0.2) is 57.6 Å². The summed E-state index contributed by atoms with van der Waals surface area (Å²) in [5.74, 6) is 1.44. The Morgan fingerprint density at radius 2 is 2.10 bits per heavy atom. The van der Waals surface area contributed by atoms with Gasteiger partial charge in [0.05, 0.1) is 6.33 Å². The number of imidazole rings is 1. The van der Waals surface area contributed by atoms with Gasteiger partial charge in [0.25, 0.3) is 0 Å². The van der Waals surface area contributed by atoms with Crippen molar-refractivity contribution in [3.63, 3.8) is 0 Å². The lowest BCUT2D eigenvalue weighted by atomic mass is 9.75. The second kappa shape index (κ2) is 5.48. The summed E-state index contributed by atoms with van der Waals surface area (Å²) < 4.78 is 0. The van der Waals surface area contributed by atoms with Gasteiger partial charge in [-0.2, -0.15) is 9.97 Å². The number of hydrogen-bond acceptors (Lipinski definition) is 6. The van der Waals surface area contributed by atoms with Gasteiger partial charge < -0.3 is 20.5 Å². The predicted molar refractivity (Wildman–Crippen MR) is 84.6 cm³/mol. The Morgan fingerprint density at radius 3 is 2.71 bits per heavy atom. The smallest absolute Gasteiger partial charge is 0.226 e. The molecule has 2 aromatic rings.